The molecule has 0 aliphatic rings. The van der Waals surface area contributed by atoms with E-state index in [1.165, 1.54) is 27.4 Å². The fourth-order valence-corrected chi connectivity index (χ4v) is 3.69. The predicted octanol–water partition coefficient (Wildman–Crippen LogP) is 6.15. The van der Waals surface area contributed by atoms with Gasteiger partial charge in [-0.15, -0.1) is 0 Å². The van der Waals surface area contributed by atoms with Gasteiger partial charge in [0.15, 0.2) is 0 Å². The Kier molecular flexibility index (Phi) is 3.36. The first-order chi connectivity index (χ1) is 12.8. The molecule has 0 aliphatic heterocycles. The third kappa shape index (κ3) is 2.31. The van der Waals surface area contributed by atoms with Gasteiger partial charge in [-0.05, 0) is 36.8 Å². The molecule has 0 amide bonds. The highest BCUT2D eigenvalue weighted by molar-refractivity contribution is 6.09. The van der Waals surface area contributed by atoms with Crippen molar-refractivity contribution in [1.82, 2.24) is 9.55 Å². The second-order valence-corrected chi connectivity index (χ2v) is 6.62. The van der Waals surface area contributed by atoms with E-state index in [2.05, 4.69) is 96.4 Å². The van der Waals surface area contributed by atoms with Crippen molar-refractivity contribution in [2.24, 2.45) is 0 Å². The summed E-state index contributed by atoms with van der Waals surface area (Å²) in [5, 5.41) is 2.51. The van der Waals surface area contributed by atoms with Crippen LogP contribution in [0, 0.1) is 6.92 Å². The fraction of sp³-hybridized carbons (Fsp3) is 0.0417. The van der Waals surface area contributed by atoms with Crippen LogP contribution in [0.2, 0.25) is 0 Å². The molecule has 5 rings (SSSR count). The quantitative estimate of drug-likeness (QED) is 0.378. The molecule has 2 nitrogen and oxygen atoms in total. The molecule has 5 aromatic rings. The largest absolute Gasteiger partial charge is 0.294 e. The van der Waals surface area contributed by atoms with E-state index in [0.717, 1.165) is 17.1 Å². The van der Waals surface area contributed by atoms with Crippen molar-refractivity contribution < 1.29 is 0 Å². The Hall–Kier alpha value is -3.39. The third-order valence-electron chi connectivity index (χ3n) is 4.83. The summed E-state index contributed by atoms with van der Waals surface area (Å²) in [5.41, 5.74) is 5.72. The minimum Gasteiger partial charge on any atom is -0.294 e. The number of hydrogen-bond acceptors (Lipinski definition) is 1. The van der Waals surface area contributed by atoms with Crippen LogP contribution in [0.15, 0.2) is 91.0 Å². The highest BCUT2D eigenvalue weighted by Crippen LogP contribution is 2.32. The summed E-state index contributed by atoms with van der Waals surface area (Å²) < 4.78 is 2.27. The number of para-hydroxylation sites is 2. The zero-order valence-electron chi connectivity index (χ0n) is 14.6. The van der Waals surface area contributed by atoms with Crippen LogP contribution in [0.5, 0.6) is 0 Å². The number of pyridine rings is 1. The van der Waals surface area contributed by atoms with Gasteiger partial charge < -0.3 is 0 Å². The standard InChI is InChI=1S/C24H18N2/c1-17-15-21(18-9-3-2-4-10-18)25-24(16-17)26-22-13-7-5-11-19(22)20-12-6-8-14-23(20)26/h2-16H,1H3. The Bertz CT molecular complexity index is 1180. The van der Waals surface area contributed by atoms with E-state index in [4.69, 9.17) is 4.98 Å². The molecule has 0 saturated carbocycles. The molecule has 0 aliphatic carbocycles. The van der Waals surface area contributed by atoms with Crippen LogP contribution < -0.4 is 0 Å². The normalized spacial score (nSPS) is 11.3. The van der Waals surface area contributed by atoms with Crippen molar-refractivity contribution in [2.75, 3.05) is 0 Å². The molecule has 3 aromatic carbocycles. The summed E-state index contributed by atoms with van der Waals surface area (Å²) >= 11 is 0. The van der Waals surface area contributed by atoms with Crippen molar-refractivity contribution in [1.29, 1.82) is 0 Å². The zero-order chi connectivity index (χ0) is 17.5. The lowest BCUT2D eigenvalue weighted by Crippen LogP contribution is -1.99. The summed E-state index contributed by atoms with van der Waals surface area (Å²) in [6, 6.07) is 31.7. The molecule has 0 atom stereocenters. The van der Waals surface area contributed by atoms with E-state index < -0.39 is 0 Å². The molecule has 2 heterocycles. The van der Waals surface area contributed by atoms with Crippen LogP contribution >= 0.6 is 0 Å². The van der Waals surface area contributed by atoms with Crippen molar-refractivity contribution in [3.63, 3.8) is 0 Å². The Morgan fingerprint density at radius 2 is 1.23 bits per heavy atom. The number of fused-ring (bicyclic) bond motifs is 3. The molecular weight excluding hydrogens is 316 g/mol. The molecule has 0 unspecified atom stereocenters. The Labute approximate surface area is 152 Å². The number of hydrogen-bond donors (Lipinski definition) is 0. The number of rotatable bonds is 2. The SMILES string of the molecule is Cc1cc(-c2ccccc2)nc(-n2c3ccccc3c3ccccc32)c1. The molecule has 0 saturated heterocycles. The van der Waals surface area contributed by atoms with E-state index >= 15 is 0 Å². The Balaban J connectivity index is 1.84. The minimum absolute atomic E-state index is 0.959. The van der Waals surface area contributed by atoms with E-state index in [9.17, 15) is 0 Å². The monoisotopic (exact) mass is 334 g/mol. The van der Waals surface area contributed by atoms with Crippen LogP contribution in [0.1, 0.15) is 5.56 Å². The van der Waals surface area contributed by atoms with Crippen molar-refractivity contribution >= 4 is 21.8 Å². The molecule has 26 heavy (non-hydrogen) atoms. The second kappa shape index (κ2) is 5.85. The van der Waals surface area contributed by atoms with Gasteiger partial charge in [-0.1, -0.05) is 66.7 Å². The van der Waals surface area contributed by atoms with Gasteiger partial charge in [-0.25, -0.2) is 4.98 Å². The molecule has 0 bridgehead atoms. The smallest absolute Gasteiger partial charge is 0.138 e. The predicted molar refractivity (Wildman–Crippen MR) is 109 cm³/mol. The minimum atomic E-state index is 0.959. The summed E-state index contributed by atoms with van der Waals surface area (Å²) in [6.07, 6.45) is 0. The Morgan fingerprint density at radius 3 is 1.88 bits per heavy atom. The van der Waals surface area contributed by atoms with Gasteiger partial charge in [0.1, 0.15) is 5.82 Å². The first-order valence-electron chi connectivity index (χ1n) is 8.84. The van der Waals surface area contributed by atoms with E-state index in [1.807, 2.05) is 6.07 Å². The van der Waals surface area contributed by atoms with Gasteiger partial charge >= 0.3 is 0 Å². The maximum Gasteiger partial charge on any atom is 0.138 e. The van der Waals surface area contributed by atoms with Crippen LogP contribution in [0.3, 0.4) is 0 Å². The summed E-state index contributed by atoms with van der Waals surface area (Å²) in [6.45, 7) is 2.13. The van der Waals surface area contributed by atoms with Gasteiger partial charge in [-0.3, -0.25) is 4.57 Å². The molecule has 2 heteroatoms. The van der Waals surface area contributed by atoms with E-state index in [1.54, 1.807) is 0 Å². The van der Waals surface area contributed by atoms with Crippen molar-refractivity contribution in [3.8, 4) is 17.1 Å². The van der Waals surface area contributed by atoms with Gasteiger partial charge in [0, 0.05) is 16.3 Å². The first kappa shape index (κ1) is 14.9. The highest BCUT2D eigenvalue weighted by Gasteiger charge is 2.13. The topological polar surface area (TPSA) is 17.8 Å². The van der Waals surface area contributed by atoms with Crippen molar-refractivity contribution in [3.05, 3.63) is 96.6 Å². The molecular formula is C24H18N2. The molecule has 0 spiro atoms. The van der Waals surface area contributed by atoms with Crippen molar-refractivity contribution in [2.45, 2.75) is 6.92 Å². The molecule has 0 fully saturated rings. The summed E-state index contributed by atoms with van der Waals surface area (Å²) in [4.78, 5) is 5.01. The zero-order valence-corrected chi connectivity index (χ0v) is 14.6. The highest BCUT2D eigenvalue weighted by atomic mass is 15.1. The number of benzene rings is 3. The van der Waals surface area contributed by atoms with Gasteiger partial charge in [0.05, 0.1) is 16.7 Å². The number of aromatic nitrogens is 2. The lowest BCUT2D eigenvalue weighted by atomic mass is 10.1. The average Bonchev–Trinajstić information content (AvgIpc) is 3.03. The van der Waals surface area contributed by atoms with Crippen LogP contribution in [-0.4, -0.2) is 9.55 Å². The lowest BCUT2D eigenvalue weighted by molar-refractivity contribution is 1.07. The maximum absolute atomic E-state index is 5.01. The number of aryl methyl sites for hydroxylation is 1. The summed E-state index contributed by atoms with van der Waals surface area (Å²) in [5.74, 6) is 0.959. The first-order valence-corrected chi connectivity index (χ1v) is 8.84. The lowest BCUT2D eigenvalue weighted by Gasteiger charge is -2.11. The maximum atomic E-state index is 5.01. The van der Waals surface area contributed by atoms with E-state index in [-0.39, 0.29) is 0 Å². The molecule has 124 valence electrons. The fourth-order valence-electron chi connectivity index (χ4n) is 3.69. The summed E-state index contributed by atoms with van der Waals surface area (Å²) in [7, 11) is 0. The molecule has 0 radical (unpaired) electrons. The van der Waals surface area contributed by atoms with Crippen LogP contribution in [-0.2, 0) is 0 Å². The van der Waals surface area contributed by atoms with Crippen LogP contribution in [0.4, 0.5) is 0 Å². The second-order valence-electron chi connectivity index (χ2n) is 6.62. The Morgan fingerprint density at radius 1 is 0.654 bits per heavy atom. The van der Waals surface area contributed by atoms with Crippen LogP contribution in [0.25, 0.3) is 38.9 Å². The van der Waals surface area contributed by atoms with Gasteiger partial charge in [-0.2, -0.15) is 0 Å². The molecule has 0 N–H and O–H groups in total. The average molecular weight is 334 g/mol. The number of nitrogens with zero attached hydrogens (tertiary/aromatic N) is 2. The third-order valence-corrected chi connectivity index (χ3v) is 4.83. The molecule has 2 aromatic heterocycles. The van der Waals surface area contributed by atoms with Gasteiger partial charge in [0.25, 0.3) is 0 Å². The van der Waals surface area contributed by atoms with E-state index in [0.29, 0.717) is 0 Å². The van der Waals surface area contributed by atoms with Gasteiger partial charge in [0.2, 0.25) is 0 Å².